The number of hydrogen-bond acceptors (Lipinski definition) is 4. The zero-order valence-corrected chi connectivity index (χ0v) is 16.4. The maximum Gasteiger partial charge on any atom is 0.330 e. The van der Waals surface area contributed by atoms with Gasteiger partial charge in [0.2, 0.25) is 11.8 Å². The molecule has 2 amide bonds. The lowest BCUT2D eigenvalue weighted by Gasteiger charge is -2.33. The van der Waals surface area contributed by atoms with Gasteiger partial charge in [-0.2, -0.15) is 0 Å². The second-order valence-corrected chi connectivity index (χ2v) is 7.91. The molecule has 1 saturated carbocycles. The first-order valence-corrected chi connectivity index (χ1v) is 9.85. The van der Waals surface area contributed by atoms with Crippen molar-refractivity contribution in [2.45, 2.75) is 51.1 Å². The van der Waals surface area contributed by atoms with Gasteiger partial charge < -0.3 is 20.1 Å². The van der Waals surface area contributed by atoms with E-state index in [4.69, 9.17) is 4.74 Å². The number of amides is 2. The molecule has 7 nitrogen and oxygen atoms in total. The lowest BCUT2D eigenvalue weighted by Crippen LogP contribution is -2.41. The van der Waals surface area contributed by atoms with Crippen LogP contribution < -0.4 is 10.1 Å². The first kappa shape index (κ1) is 20.2. The van der Waals surface area contributed by atoms with E-state index in [-0.39, 0.29) is 24.3 Å². The topological polar surface area (TPSA) is 95.9 Å². The number of carbonyl (C=O) groups is 3. The van der Waals surface area contributed by atoms with E-state index in [1.54, 1.807) is 24.3 Å². The molecule has 7 heteroatoms. The number of rotatable bonds is 6. The highest BCUT2D eigenvalue weighted by Crippen LogP contribution is 2.31. The minimum Gasteiger partial charge on any atom is -0.497 e. The van der Waals surface area contributed by atoms with Crippen molar-refractivity contribution in [1.82, 2.24) is 10.2 Å². The predicted octanol–water partition coefficient (Wildman–Crippen LogP) is 2.36. The summed E-state index contributed by atoms with van der Waals surface area (Å²) in [4.78, 5) is 38.7. The Bertz CT molecular complexity index is 725. The summed E-state index contributed by atoms with van der Waals surface area (Å²) in [6, 6.07) is 5.60. The standard InChI is InChI=1S/C21H28N2O5/c1-13-3-7-16(8-4-13)23-12-15(11-18(23)24)20(25)22-19(21(26)27)14-5-9-17(28-2)10-6-14/h5-6,9-10,13,15-16,19H,3-4,7-8,11-12H2,1-2H3,(H,22,25)(H,26,27). The van der Waals surface area contributed by atoms with E-state index < -0.39 is 17.9 Å². The van der Waals surface area contributed by atoms with Crippen molar-refractivity contribution >= 4 is 17.8 Å². The first-order valence-electron chi connectivity index (χ1n) is 9.85. The number of carboxylic acid groups (broad SMARTS) is 1. The van der Waals surface area contributed by atoms with E-state index in [1.165, 1.54) is 7.11 Å². The maximum atomic E-state index is 12.7. The molecule has 1 saturated heterocycles. The van der Waals surface area contributed by atoms with Gasteiger partial charge in [-0.25, -0.2) is 4.79 Å². The number of nitrogens with zero attached hydrogens (tertiary/aromatic N) is 1. The Morgan fingerprint density at radius 3 is 2.39 bits per heavy atom. The van der Waals surface area contributed by atoms with E-state index in [0.717, 1.165) is 25.7 Å². The Kier molecular flexibility index (Phi) is 6.21. The summed E-state index contributed by atoms with van der Waals surface area (Å²) < 4.78 is 5.08. The lowest BCUT2D eigenvalue weighted by atomic mass is 9.86. The molecule has 2 atom stereocenters. The van der Waals surface area contributed by atoms with E-state index in [2.05, 4.69) is 12.2 Å². The van der Waals surface area contributed by atoms with Crippen molar-refractivity contribution in [3.05, 3.63) is 29.8 Å². The van der Waals surface area contributed by atoms with Gasteiger partial charge in [-0.1, -0.05) is 19.1 Å². The van der Waals surface area contributed by atoms with Gasteiger partial charge in [0.15, 0.2) is 6.04 Å². The fraction of sp³-hybridized carbons (Fsp3) is 0.571. The van der Waals surface area contributed by atoms with Crippen LogP contribution in [0, 0.1) is 11.8 Å². The largest absolute Gasteiger partial charge is 0.497 e. The van der Waals surface area contributed by atoms with Crippen LogP contribution in [0.25, 0.3) is 0 Å². The molecule has 1 aromatic rings. The third kappa shape index (κ3) is 4.46. The molecule has 2 unspecified atom stereocenters. The minimum absolute atomic E-state index is 0.00368. The molecule has 152 valence electrons. The van der Waals surface area contributed by atoms with Crippen LogP contribution in [0.3, 0.4) is 0 Å². The molecule has 1 aliphatic carbocycles. The van der Waals surface area contributed by atoms with Crippen LogP contribution in [0.2, 0.25) is 0 Å². The Balaban J connectivity index is 1.64. The number of hydrogen-bond donors (Lipinski definition) is 2. The molecule has 0 bridgehead atoms. The summed E-state index contributed by atoms with van der Waals surface area (Å²) in [6.45, 7) is 2.60. The number of benzene rings is 1. The fourth-order valence-corrected chi connectivity index (χ4v) is 4.16. The summed E-state index contributed by atoms with van der Waals surface area (Å²) in [7, 11) is 1.53. The molecule has 1 aromatic carbocycles. The fourth-order valence-electron chi connectivity index (χ4n) is 4.16. The Labute approximate surface area is 165 Å². The third-order valence-corrected chi connectivity index (χ3v) is 5.94. The Hall–Kier alpha value is -2.57. The van der Waals surface area contributed by atoms with Gasteiger partial charge in [0.25, 0.3) is 0 Å². The molecule has 0 aromatic heterocycles. The minimum atomic E-state index is -1.15. The van der Waals surface area contributed by atoms with E-state index in [9.17, 15) is 19.5 Å². The molecule has 0 spiro atoms. The van der Waals surface area contributed by atoms with Crippen molar-refractivity contribution < 1.29 is 24.2 Å². The maximum absolute atomic E-state index is 12.7. The highest BCUT2D eigenvalue weighted by Gasteiger charge is 2.39. The molecule has 2 aliphatic rings. The molecule has 3 rings (SSSR count). The molecule has 2 N–H and O–H groups in total. The van der Waals surface area contributed by atoms with Crippen LogP contribution >= 0.6 is 0 Å². The van der Waals surface area contributed by atoms with Crippen molar-refractivity contribution in [3.63, 3.8) is 0 Å². The van der Waals surface area contributed by atoms with Crippen molar-refractivity contribution in [2.24, 2.45) is 11.8 Å². The molecule has 1 aliphatic heterocycles. The van der Waals surface area contributed by atoms with Crippen LogP contribution in [0.15, 0.2) is 24.3 Å². The van der Waals surface area contributed by atoms with Crippen molar-refractivity contribution in [3.8, 4) is 5.75 Å². The zero-order chi connectivity index (χ0) is 20.3. The SMILES string of the molecule is COc1ccc(C(NC(=O)C2CC(=O)N(C3CCC(C)CC3)C2)C(=O)O)cc1. The summed E-state index contributed by atoms with van der Waals surface area (Å²) >= 11 is 0. The molecule has 2 fully saturated rings. The normalized spacial score (nSPS) is 26.0. The average molecular weight is 388 g/mol. The Morgan fingerprint density at radius 1 is 1.18 bits per heavy atom. The quantitative estimate of drug-likeness (QED) is 0.780. The smallest absolute Gasteiger partial charge is 0.330 e. The third-order valence-electron chi connectivity index (χ3n) is 5.94. The number of nitrogens with one attached hydrogen (secondary N) is 1. The van der Waals surface area contributed by atoms with Crippen molar-refractivity contribution in [1.29, 1.82) is 0 Å². The number of carbonyl (C=O) groups excluding carboxylic acids is 2. The van der Waals surface area contributed by atoms with E-state index in [0.29, 0.717) is 23.8 Å². The van der Waals surface area contributed by atoms with E-state index >= 15 is 0 Å². The number of carboxylic acids is 1. The summed E-state index contributed by atoms with van der Waals surface area (Å²) in [5.74, 6) is -0.737. The second-order valence-electron chi connectivity index (χ2n) is 7.91. The zero-order valence-electron chi connectivity index (χ0n) is 16.4. The second kappa shape index (κ2) is 8.63. The van der Waals surface area contributed by atoms with Gasteiger partial charge in [0.1, 0.15) is 5.75 Å². The summed E-state index contributed by atoms with van der Waals surface area (Å²) in [5.41, 5.74) is 0.462. The highest BCUT2D eigenvalue weighted by atomic mass is 16.5. The number of methoxy groups -OCH3 is 1. The molecular formula is C21H28N2O5. The van der Waals surface area contributed by atoms with Gasteiger partial charge >= 0.3 is 5.97 Å². The van der Waals surface area contributed by atoms with Gasteiger partial charge in [-0.05, 0) is 49.3 Å². The summed E-state index contributed by atoms with van der Waals surface area (Å²) in [5, 5.41) is 12.2. The molecular weight excluding hydrogens is 360 g/mol. The van der Waals surface area contributed by atoms with E-state index in [1.807, 2.05) is 4.90 Å². The van der Waals surface area contributed by atoms with Gasteiger partial charge in [-0.3, -0.25) is 9.59 Å². The monoisotopic (exact) mass is 388 g/mol. The molecule has 0 radical (unpaired) electrons. The number of ether oxygens (including phenoxy) is 1. The highest BCUT2D eigenvalue weighted by molar-refractivity contribution is 5.91. The van der Waals surface area contributed by atoms with Gasteiger partial charge in [0.05, 0.1) is 13.0 Å². The van der Waals surface area contributed by atoms with Crippen LogP contribution in [-0.2, 0) is 14.4 Å². The predicted molar refractivity (Wildman–Crippen MR) is 103 cm³/mol. The number of aliphatic carboxylic acids is 1. The van der Waals surface area contributed by atoms with Crippen LogP contribution in [0.5, 0.6) is 5.75 Å². The Morgan fingerprint density at radius 2 is 1.82 bits per heavy atom. The van der Waals surface area contributed by atoms with Gasteiger partial charge in [0, 0.05) is 19.0 Å². The first-order chi connectivity index (χ1) is 13.4. The number of likely N-dealkylation sites (tertiary alicyclic amines) is 1. The lowest BCUT2D eigenvalue weighted by molar-refractivity contribution is -0.142. The molecule has 1 heterocycles. The summed E-state index contributed by atoms with van der Waals surface area (Å²) in [6.07, 6.45) is 4.30. The van der Waals surface area contributed by atoms with Crippen LogP contribution in [-0.4, -0.2) is 47.5 Å². The van der Waals surface area contributed by atoms with Crippen LogP contribution in [0.1, 0.15) is 50.6 Å². The van der Waals surface area contributed by atoms with Gasteiger partial charge in [-0.15, -0.1) is 0 Å². The molecule has 28 heavy (non-hydrogen) atoms. The van der Waals surface area contributed by atoms with Crippen molar-refractivity contribution in [2.75, 3.05) is 13.7 Å². The average Bonchev–Trinajstić information content (AvgIpc) is 3.08. The van der Waals surface area contributed by atoms with Crippen LogP contribution in [0.4, 0.5) is 0 Å².